The number of carbonyl (C=O) groups excluding carboxylic acids is 1. The van der Waals surface area contributed by atoms with E-state index in [0.717, 1.165) is 0 Å². The van der Waals surface area contributed by atoms with Crippen molar-refractivity contribution < 1.29 is 13.9 Å². The van der Waals surface area contributed by atoms with Crippen LogP contribution >= 0.6 is 0 Å². The average molecular weight is 407 g/mol. The molecular weight excluding hydrogens is 389 g/mol. The fourth-order valence-electron chi connectivity index (χ4n) is 3.60. The molecule has 1 aliphatic rings. The summed E-state index contributed by atoms with van der Waals surface area (Å²) in [5.74, 6) is 0.684. The second-order valence-electron chi connectivity index (χ2n) is 7.40. The van der Waals surface area contributed by atoms with E-state index in [1.807, 2.05) is 13.8 Å². The highest BCUT2D eigenvalue weighted by molar-refractivity contribution is 5.90. The van der Waals surface area contributed by atoms with Gasteiger partial charge in [0, 0.05) is 22.9 Å². The summed E-state index contributed by atoms with van der Waals surface area (Å²) in [5, 5.41) is 10.8. The maximum Gasteiger partial charge on any atom is 0.415 e. The van der Waals surface area contributed by atoms with E-state index in [9.17, 15) is 9.18 Å². The molecule has 0 spiro atoms. The van der Waals surface area contributed by atoms with E-state index in [2.05, 4.69) is 25.3 Å². The van der Waals surface area contributed by atoms with E-state index < -0.39 is 11.9 Å². The minimum atomic E-state index is -0.438. The van der Waals surface area contributed by atoms with Crippen LogP contribution in [-0.2, 0) is 4.74 Å². The lowest BCUT2D eigenvalue weighted by molar-refractivity contribution is 0.177. The standard InChI is InChI=1S/C20H18FN7O2/c1-11(2)16-9-30-20(29)28(16)17-5-6-27-19(25-17)14(8-24-27)13-4-3-12(7-15(13)21)18-22-10-23-26-18/h3-8,10-11,16H,9H2,1-2H3,(H,22,23,26)/t16-/m1/s1. The van der Waals surface area contributed by atoms with Gasteiger partial charge in [-0.2, -0.15) is 10.2 Å². The zero-order chi connectivity index (χ0) is 20.8. The van der Waals surface area contributed by atoms with Gasteiger partial charge in [-0.3, -0.25) is 10.00 Å². The van der Waals surface area contributed by atoms with Gasteiger partial charge in [0.25, 0.3) is 0 Å². The van der Waals surface area contributed by atoms with Crippen molar-refractivity contribution in [2.45, 2.75) is 19.9 Å². The second-order valence-corrected chi connectivity index (χ2v) is 7.40. The first-order chi connectivity index (χ1) is 14.5. The zero-order valence-electron chi connectivity index (χ0n) is 16.3. The van der Waals surface area contributed by atoms with Crippen molar-refractivity contribution in [2.24, 2.45) is 5.92 Å². The third-order valence-corrected chi connectivity index (χ3v) is 5.22. The number of halogens is 1. The zero-order valence-corrected chi connectivity index (χ0v) is 16.3. The van der Waals surface area contributed by atoms with Gasteiger partial charge < -0.3 is 4.74 Å². The van der Waals surface area contributed by atoms with Crippen molar-refractivity contribution >= 4 is 17.6 Å². The summed E-state index contributed by atoms with van der Waals surface area (Å²) >= 11 is 0. The molecule has 1 atom stereocenters. The molecule has 4 aromatic rings. The summed E-state index contributed by atoms with van der Waals surface area (Å²) in [6.45, 7) is 4.36. The quantitative estimate of drug-likeness (QED) is 0.557. The molecule has 0 saturated carbocycles. The van der Waals surface area contributed by atoms with Gasteiger partial charge in [-0.05, 0) is 18.1 Å². The number of aromatic nitrogens is 6. The number of cyclic esters (lactones) is 1. The van der Waals surface area contributed by atoms with Crippen molar-refractivity contribution in [3.05, 3.63) is 48.8 Å². The number of anilines is 1. The number of rotatable bonds is 4. The van der Waals surface area contributed by atoms with E-state index in [1.165, 1.54) is 12.4 Å². The third kappa shape index (κ3) is 2.88. The predicted molar refractivity (Wildman–Crippen MR) is 106 cm³/mol. The minimum absolute atomic E-state index is 0.114. The van der Waals surface area contributed by atoms with E-state index in [4.69, 9.17) is 4.74 Å². The molecule has 1 amide bonds. The Morgan fingerprint density at radius 3 is 2.87 bits per heavy atom. The summed E-state index contributed by atoms with van der Waals surface area (Å²) in [6, 6.07) is 6.38. The molecule has 1 N–H and O–H groups in total. The average Bonchev–Trinajstić information content (AvgIpc) is 3.47. The van der Waals surface area contributed by atoms with Gasteiger partial charge in [-0.1, -0.05) is 26.0 Å². The largest absolute Gasteiger partial charge is 0.447 e. The SMILES string of the molecule is CC(C)[C@H]1COC(=O)N1c1ccn2ncc(-c3ccc(-c4ncn[nH]4)cc3F)c2n1. The molecule has 152 valence electrons. The Bertz CT molecular complexity index is 1240. The molecule has 3 aromatic heterocycles. The molecule has 9 nitrogen and oxygen atoms in total. The number of H-pyrrole nitrogens is 1. The number of aromatic amines is 1. The lowest BCUT2D eigenvalue weighted by atomic mass is 10.0. The molecule has 5 rings (SSSR count). The Morgan fingerprint density at radius 1 is 1.27 bits per heavy atom. The summed E-state index contributed by atoms with van der Waals surface area (Å²) in [7, 11) is 0. The maximum absolute atomic E-state index is 15.0. The number of ether oxygens (including phenoxy) is 1. The fraction of sp³-hybridized carbons (Fsp3) is 0.250. The molecular formula is C20H18FN7O2. The monoisotopic (exact) mass is 407 g/mol. The number of fused-ring (bicyclic) bond motifs is 1. The first-order valence-corrected chi connectivity index (χ1v) is 9.49. The number of hydrogen-bond acceptors (Lipinski definition) is 6. The van der Waals surface area contributed by atoms with Crippen LogP contribution in [0.2, 0.25) is 0 Å². The van der Waals surface area contributed by atoms with Crippen LogP contribution in [0, 0.1) is 11.7 Å². The van der Waals surface area contributed by atoms with Crippen LogP contribution in [0.4, 0.5) is 15.0 Å². The molecule has 10 heteroatoms. The smallest absolute Gasteiger partial charge is 0.415 e. The van der Waals surface area contributed by atoms with E-state index in [0.29, 0.717) is 40.6 Å². The molecule has 4 heterocycles. The second kappa shape index (κ2) is 6.90. The molecule has 1 aromatic carbocycles. The number of carbonyl (C=O) groups is 1. The summed E-state index contributed by atoms with van der Waals surface area (Å²) < 4.78 is 21.7. The van der Waals surface area contributed by atoms with Crippen LogP contribution in [0.25, 0.3) is 28.2 Å². The number of hydrogen-bond donors (Lipinski definition) is 1. The van der Waals surface area contributed by atoms with E-state index >= 15 is 0 Å². The van der Waals surface area contributed by atoms with E-state index in [1.54, 1.807) is 40.0 Å². The number of nitrogens with one attached hydrogen (secondary N) is 1. The number of benzene rings is 1. The predicted octanol–water partition coefficient (Wildman–Crippen LogP) is 3.30. The molecule has 1 saturated heterocycles. The van der Waals surface area contributed by atoms with E-state index in [-0.39, 0.29) is 12.0 Å². The van der Waals surface area contributed by atoms with Crippen LogP contribution in [0.3, 0.4) is 0 Å². The van der Waals surface area contributed by atoms with Crippen LogP contribution in [0.15, 0.2) is 43.0 Å². The van der Waals surface area contributed by atoms with Gasteiger partial charge in [0.2, 0.25) is 0 Å². The topological polar surface area (TPSA) is 101 Å². The van der Waals surface area contributed by atoms with Crippen LogP contribution < -0.4 is 4.90 Å². The van der Waals surface area contributed by atoms with Crippen molar-refractivity contribution in [3.8, 4) is 22.5 Å². The molecule has 0 aliphatic carbocycles. The van der Waals surface area contributed by atoms with Crippen molar-refractivity contribution in [3.63, 3.8) is 0 Å². The Balaban J connectivity index is 1.58. The highest BCUT2D eigenvalue weighted by Crippen LogP contribution is 2.31. The third-order valence-electron chi connectivity index (χ3n) is 5.22. The summed E-state index contributed by atoms with van der Waals surface area (Å²) in [5.41, 5.74) is 1.90. The van der Waals surface area contributed by atoms with Crippen molar-refractivity contribution in [2.75, 3.05) is 11.5 Å². The molecule has 30 heavy (non-hydrogen) atoms. The Labute approximate surface area is 170 Å². The fourth-order valence-corrected chi connectivity index (χ4v) is 3.60. The Kier molecular flexibility index (Phi) is 4.19. The molecule has 1 aliphatic heterocycles. The van der Waals surface area contributed by atoms with Gasteiger partial charge in [0.05, 0.1) is 12.2 Å². The first kappa shape index (κ1) is 18.2. The summed E-state index contributed by atoms with van der Waals surface area (Å²) in [4.78, 5) is 22.5. The normalized spacial score (nSPS) is 16.6. The highest BCUT2D eigenvalue weighted by Gasteiger charge is 2.37. The lowest BCUT2D eigenvalue weighted by Crippen LogP contribution is -2.37. The van der Waals surface area contributed by atoms with Crippen LogP contribution in [-0.4, -0.2) is 48.5 Å². The van der Waals surface area contributed by atoms with Crippen LogP contribution in [0.1, 0.15) is 13.8 Å². The number of amides is 1. The lowest BCUT2D eigenvalue weighted by Gasteiger charge is -2.23. The highest BCUT2D eigenvalue weighted by atomic mass is 19.1. The van der Waals surface area contributed by atoms with Gasteiger partial charge in [0.1, 0.15) is 24.6 Å². The van der Waals surface area contributed by atoms with Crippen molar-refractivity contribution in [1.82, 2.24) is 29.8 Å². The molecule has 0 bridgehead atoms. The Morgan fingerprint density at radius 2 is 2.13 bits per heavy atom. The van der Waals surface area contributed by atoms with Gasteiger partial charge in [0.15, 0.2) is 11.5 Å². The van der Waals surface area contributed by atoms with Gasteiger partial charge in [-0.15, -0.1) is 0 Å². The van der Waals surface area contributed by atoms with Crippen molar-refractivity contribution in [1.29, 1.82) is 0 Å². The molecule has 1 fully saturated rings. The minimum Gasteiger partial charge on any atom is -0.447 e. The van der Waals surface area contributed by atoms with Gasteiger partial charge >= 0.3 is 6.09 Å². The van der Waals surface area contributed by atoms with Gasteiger partial charge in [-0.25, -0.2) is 23.7 Å². The number of nitrogens with zero attached hydrogens (tertiary/aromatic N) is 6. The maximum atomic E-state index is 15.0. The molecule has 0 radical (unpaired) electrons. The molecule has 0 unspecified atom stereocenters. The summed E-state index contributed by atoms with van der Waals surface area (Å²) in [6.07, 6.45) is 4.19. The Hall–Kier alpha value is -3.82. The van der Waals surface area contributed by atoms with Crippen LogP contribution in [0.5, 0.6) is 0 Å². The first-order valence-electron chi connectivity index (χ1n) is 9.49.